The van der Waals surface area contributed by atoms with E-state index in [1.165, 1.54) is 55.5 Å². The Kier molecular flexibility index (Phi) is 17.1. The molecule has 0 aromatic heterocycles. The molecule has 4 aromatic carbocycles. The quantitative estimate of drug-likeness (QED) is 0.0417. The molecular formula is C55H71N4O4+. The van der Waals surface area contributed by atoms with Gasteiger partial charge in [0.1, 0.15) is 6.54 Å². The smallest absolute Gasteiger partial charge is 0.219 e. The van der Waals surface area contributed by atoms with Crippen LogP contribution in [0.5, 0.6) is 0 Å². The highest BCUT2D eigenvalue weighted by Crippen LogP contribution is 2.51. The molecule has 2 heterocycles. The van der Waals surface area contributed by atoms with E-state index in [1.807, 2.05) is 0 Å². The molecule has 0 saturated heterocycles. The van der Waals surface area contributed by atoms with Crippen LogP contribution in [0.3, 0.4) is 0 Å². The summed E-state index contributed by atoms with van der Waals surface area (Å²) in [6.45, 7) is 13.8. The lowest BCUT2D eigenvalue weighted by atomic mass is 9.79. The summed E-state index contributed by atoms with van der Waals surface area (Å²) in [5.41, 5.74) is 7.52. The van der Waals surface area contributed by atoms with E-state index in [2.05, 4.69) is 163 Å². The Balaban J connectivity index is 1.15. The molecule has 0 fully saturated rings. The molecule has 0 atom stereocenters. The lowest BCUT2D eigenvalue weighted by Gasteiger charge is -2.27. The van der Waals surface area contributed by atoms with E-state index >= 15 is 0 Å². The second-order valence-corrected chi connectivity index (χ2v) is 18.0. The van der Waals surface area contributed by atoms with Crippen LogP contribution in [-0.2, 0) is 29.9 Å². The van der Waals surface area contributed by atoms with Gasteiger partial charge in [-0.05, 0) is 97.7 Å². The molecular weight excluding hydrogens is 781 g/mol. The zero-order valence-corrected chi connectivity index (χ0v) is 38.8. The van der Waals surface area contributed by atoms with Gasteiger partial charge in [0.15, 0.2) is 5.71 Å². The second kappa shape index (κ2) is 22.9. The van der Waals surface area contributed by atoms with Gasteiger partial charge in [-0.3, -0.25) is 9.59 Å². The summed E-state index contributed by atoms with van der Waals surface area (Å²) in [7, 11) is 3.37. The molecule has 8 heteroatoms. The van der Waals surface area contributed by atoms with Gasteiger partial charge in [0.05, 0.1) is 5.41 Å². The number of methoxy groups -OCH3 is 2. The molecule has 0 spiro atoms. The van der Waals surface area contributed by atoms with Crippen LogP contribution >= 0.6 is 0 Å². The number of hydrogen-bond acceptors (Lipinski definition) is 5. The largest absolute Gasteiger partial charge is 0.385 e. The van der Waals surface area contributed by atoms with Crippen molar-refractivity contribution in [1.29, 1.82) is 0 Å². The first-order chi connectivity index (χ1) is 30.6. The minimum Gasteiger partial charge on any atom is -0.385 e. The number of carbonyl (C=O) groups is 2. The predicted molar refractivity (Wildman–Crippen MR) is 263 cm³/mol. The number of hydrogen-bond donors (Lipinski definition) is 2. The lowest BCUT2D eigenvalue weighted by molar-refractivity contribution is -0.438. The summed E-state index contributed by atoms with van der Waals surface area (Å²) in [6, 6.07) is 26.5. The zero-order valence-electron chi connectivity index (χ0n) is 38.8. The molecule has 2 aliphatic heterocycles. The molecule has 8 nitrogen and oxygen atoms in total. The molecule has 4 aromatic rings. The van der Waals surface area contributed by atoms with E-state index < -0.39 is 0 Å². The third-order valence-electron chi connectivity index (χ3n) is 12.7. The summed E-state index contributed by atoms with van der Waals surface area (Å²) < 4.78 is 12.7. The van der Waals surface area contributed by atoms with Crippen molar-refractivity contribution in [2.24, 2.45) is 0 Å². The molecule has 0 saturated carbocycles. The normalized spacial score (nSPS) is 16.1. The molecule has 0 unspecified atom stereocenters. The topological polar surface area (TPSA) is 82.9 Å². The number of ether oxygens (including phenoxy) is 2. The number of unbranched alkanes of at least 4 members (excludes halogenated alkanes) is 4. The maximum absolute atomic E-state index is 12.4. The highest BCUT2D eigenvalue weighted by molar-refractivity contribution is 6.07. The number of nitrogens with one attached hydrogen (secondary N) is 2. The minimum atomic E-state index is -0.184. The van der Waals surface area contributed by atoms with E-state index in [-0.39, 0.29) is 22.6 Å². The summed E-state index contributed by atoms with van der Waals surface area (Å²) in [5.74, 6) is 0.250. The third kappa shape index (κ3) is 11.6. The van der Waals surface area contributed by atoms with Gasteiger partial charge in [0, 0.05) is 101 Å². The van der Waals surface area contributed by atoms with Gasteiger partial charge >= 0.3 is 0 Å². The van der Waals surface area contributed by atoms with E-state index in [1.54, 1.807) is 14.2 Å². The van der Waals surface area contributed by atoms with Crippen LogP contribution in [0.4, 0.5) is 11.4 Å². The van der Waals surface area contributed by atoms with Gasteiger partial charge in [0.25, 0.3) is 0 Å². The van der Waals surface area contributed by atoms with E-state index in [0.29, 0.717) is 39.1 Å². The van der Waals surface area contributed by atoms with Crippen molar-refractivity contribution in [1.82, 2.24) is 10.6 Å². The number of rotatable bonds is 24. The van der Waals surface area contributed by atoms with Crippen molar-refractivity contribution in [3.05, 3.63) is 132 Å². The van der Waals surface area contributed by atoms with Crippen molar-refractivity contribution in [3.8, 4) is 0 Å². The Labute approximate surface area is 376 Å². The summed E-state index contributed by atoms with van der Waals surface area (Å²) in [4.78, 5) is 27.2. The predicted octanol–water partition coefficient (Wildman–Crippen LogP) is 11.1. The lowest BCUT2D eigenvalue weighted by Crippen LogP contribution is -2.28. The average Bonchev–Trinajstić information content (AvgIpc) is 3.64. The Morgan fingerprint density at radius 3 is 1.84 bits per heavy atom. The number of fused-ring (bicyclic) bond motifs is 6. The number of anilines is 1. The molecule has 334 valence electrons. The molecule has 2 N–H and O–H groups in total. The molecule has 0 radical (unpaired) electrons. The van der Waals surface area contributed by atoms with Crippen LogP contribution < -0.4 is 15.5 Å². The number of benzene rings is 4. The number of carbonyl (C=O) groups excluding carboxylic acids is 2. The third-order valence-corrected chi connectivity index (χ3v) is 12.7. The van der Waals surface area contributed by atoms with Crippen LogP contribution in [-0.4, -0.2) is 75.7 Å². The molecule has 0 bridgehead atoms. The fourth-order valence-corrected chi connectivity index (χ4v) is 9.57. The molecule has 0 aliphatic carbocycles. The van der Waals surface area contributed by atoms with Crippen LogP contribution in [0.1, 0.15) is 103 Å². The highest BCUT2D eigenvalue weighted by Gasteiger charge is 2.45. The second-order valence-electron chi connectivity index (χ2n) is 18.0. The Morgan fingerprint density at radius 1 is 0.619 bits per heavy atom. The minimum absolute atomic E-state index is 0.125. The van der Waals surface area contributed by atoms with Crippen molar-refractivity contribution in [2.75, 3.05) is 58.5 Å². The van der Waals surface area contributed by atoms with Gasteiger partial charge in [-0.2, -0.15) is 4.58 Å². The molecule has 2 aliphatic rings. The van der Waals surface area contributed by atoms with Crippen molar-refractivity contribution in [2.45, 2.75) is 103 Å². The Bertz CT molecular complexity index is 2350. The number of allylic oxidation sites excluding steroid dienone is 8. The summed E-state index contributed by atoms with van der Waals surface area (Å²) in [6.07, 6.45) is 23.9. The van der Waals surface area contributed by atoms with E-state index in [9.17, 15) is 9.59 Å². The summed E-state index contributed by atoms with van der Waals surface area (Å²) >= 11 is 0. The maximum Gasteiger partial charge on any atom is 0.219 e. The van der Waals surface area contributed by atoms with Crippen LogP contribution in [0, 0.1) is 0 Å². The first-order valence-corrected chi connectivity index (χ1v) is 23.3. The molecule has 2 amide bonds. The van der Waals surface area contributed by atoms with Crippen molar-refractivity contribution in [3.63, 3.8) is 0 Å². The standard InChI is InChI=1S/C55H70N4O4/c1-54(2)48(58(38-20-10-14-30-50(60)56-36-22-40-62-5)46-34-32-42-24-16-18-26-44(42)52(46)54)28-12-8-7-9-13-29-49-55(3,4)53-45-27-19-17-25-43(45)33-35-47(53)59(49)39-21-11-15-31-51(61)57-37-23-41-63-6/h7-9,12-13,16-19,24-29,32-35H,10-11,14-15,20-23,30-31,36-41H2,1-6H3,(H-,56,57,60,61)/p+1. The van der Waals surface area contributed by atoms with E-state index in [0.717, 1.165) is 64.5 Å². The van der Waals surface area contributed by atoms with Crippen molar-refractivity contribution >= 4 is 50.4 Å². The Morgan fingerprint density at radius 2 is 1.19 bits per heavy atom. The zero-order chi connectivity index (χ0) is 44.7. The SMILES string of the molecule is COCCCNC(=O)CCCCCN1C(=CC=CC=CC=CC2=[N+](CCCCCC(=O)NCCCOC)c3ccc4ccccc4c3C2(C)C)C(C)(C)c2c1ccc1ccccc21. The van der Waals surface area contributed by atoms with Gasteiger partial charge in [-0.1, -0.05) is 105 Å². The van der Waals surface area contributed by atoms with E-state index in [4.69, 9.17) is 9.47 Å². The van der Waals surface area contributed by atoms with Gasteiger partial charge in [0.2, 0.25) is 17.5 Å². The number of nitrogens with zero attached hydrogens (tertiary/aromatic N) is 2. The Hall–Kier alpha value is -5.31. The first kappa shape index (κ1) is 47.2. The monoisotopic (exact) mass is 852 g/mol. The first-order valence-electron chi connectivity index (χ1n) is 23.3. The van der Waals surface area contributed by atoms with Crippen LogP contribution in [0.15, 0.2) is 121 Å². The molecule has 6 rings (SSSR count). The van der Waals surface area contributed by atoms with Crippen LogP contribution in [0.2, 0.25) is 0 Å². The summed E-state index contributed by atoms with van der Waals surface area (Å²) in [5, 5.41) is 11.2. The van der Waals surface area contributed by atoms with Gasteiger partial charge in [-0.25, -0.2) is 0 Å². The fourth-order valence-electron chi connectivity index (χ4n) is 9.57. The average molecular weight is 852 g/mol. The fraction of sp³-hybridized carbons (Fsp3) is 0.436. The van der Waals surface area contributed by atoms with Crippen LogP contribution in [0.25, 0.3) is 21.5 Å². The maximum atomic E-state index is 12.4. The number of amides is 2. The van der Waals surface area contributed by atoms with Gasteiger partial charge < -0.3 is 25.0 Å². The molecule has 63 heavy (non-hydrogen) atoms. The highest BCUT2D eigenvalue weighted by atomic mass is 16.5. The van der Waals surface area contributed by atoms with Crippen molar-refractivity contribution < 1.29 is 23.6 Å². The van der Waals surface area contributed by atoms with Gasteiger partial charge in [-0.15, -0.1) is 0 Å².